The lowest BCUT2D eigenvalue weighted by Gasteiger charge is -2.11. The topological polar surface area (TPSA) is 76.8 Å². The molecule has 2 aliphatic carbocycles. The van der Waals surface area contributed by atoms with E-state index in [0.29, 0.717) is 0 Å². The van der Waals surface area contributed by atoms with Crippen molar-refractivity contribution in [1.29, 1.82) is 0 Å². The predicted octanol–water partition coefficient (Wildman–Crippen LogP) is 1.91. The molecule has 0 spiro atoms. The fourth-order valence-corrected chi connectivity index (χ4v) is 3.61. The summed E-state index contributed by atoms with van der Waals surface area (Å²) in [7, 11) is 0. The Bertz CT molecular complexity index is 695. The van der Waals surface area contributed by atoms with Crippen molar-refractivity contribution >= 4 is 11.4 Å². The van der Waals surface area contributed by atoms with Gasteiger partial charge in [-0.1, -0.05) is 48.5 Å². The minimum Gasteiger partial charge on any atom is -0.323 e. The van der Waals surface area contributed by atoms with Gasteiger partial charge in [0.25, 0.3) is 0 Å². The van der Waals surface area contributed by atoms with Crippen LogP contribution in [0.4, 0.5) is 0 Å². The second kappa shape index (κ2) is 3.93. The molecule has 0 bridgehead atoms. The maximum Gasteiger partial charge on any atom is 0.0760 e. The van der Waals surface area contributed by atoms with Gasteiger partial charge in [-0.05, 0) is 11.1 Å². The van der Waals surface area contributed by atoms with E-state index < -0.39 is 0 Å². The highest BCUT2D eigenvalue weighted by Crippen LogP contribution is 2.51. The Morgan fingerprint density at radius 3 is 1.45 bits per heavy atom. The molecule has 2 atom stereocenters. The summed E-state index contributed by atoms with van der Waals surface area (Å²) in [4.78, 5) is 0. The van der Waals surface area contributed by atoms with Crippen molar-refractivity contribution < 1.29 is 0 Å². The molecule has 2 aliphatic rings. The molecule has 4 nitrogen and oxygen atoms in total. The van der Waals surface area contributed by atoms with E-state index in [0.717, 1.165) is 22.6 Å². The van der Waals surface area contributed by atoms with Crippen molar-refractivity contribution in [2.45, 2.75) is 11.8 Å². The van der Waals surface area contributed by atoms with Crippen LogP contribution in [0.25, 0.3) is 0 Å². The standard InChI is InChI=1S/C16H14N4/c17-19-15-11-7-3-1-5-9(11)13-14(15)10-6-2-4-8-12(10)16(13)20-18/h1-8,13-14H,17-18H2/b19-15+,20-16+/t13-,14-/m1/s1. The summed E-state index contributed by atoms with van der Waals surface area (Å²) in [6.45, 7) is 0. The smallest absolute Gasteiger partial charge is 0.0760 e. The number of rotatable bonds is 0. The average molecular weight is 262 g/mol. The number of hydrogen-bond donors (Lipinski definition) is 2. The van der Waals surface area contributed by atoms with Crippen molar-refractivity contribution in [3.8, 4) is 0 Å². The molecule has 98 valence electrons. The first kappa shape index (κ1) is 11.2. The van der Waals surface area contributed by atoms with E-state index in [1.165, 1.54) is 11.1 Å². The normalized spacial score (nSPS) is 26.6. The molecule has 0 aromatic heterocycles. The predicted molar refractivity (Wildman–Crippen MR) is 79.8 cm³/mol. The van der Waals surface area contributed by atoms with Gasteiger partial charge in [0.05, 0.1) is 11.4 Å². The number of nitrogens with zero attached hydrogens (tertiary/aromatic N) is 2. The molecule has 2 aromatic carbocycles. The third-order valence-corrected chi connectivity index (χ3v) is 4.34. The summed E-state index contributed by atoms with van der Waals surface area (Å²) in [5.74, 6) is 11.6. The lowest BCUT2D eigenvalue weighted by Crippen LogP contribution is -2.13. The Balaban J connectivity index is 2.05. The molecule has 0 radical (unpaired) electrons. The van der Waals surface area contributed by atoms with Crippen LogP contribution in [0.2, 0.25) is 0 Å². The van der Waals surface area contributed by atoms with Gasteiger partial charge in [0, 0.05) is 23.0 Å². The number of benzene rings is 2. The van der Waals surface area contributed by atoms with Crippen molar-refractivity contribution in [1.82, 2.24) is 0 Å². The zero-order valence-corrected chi connectivity index (χ0v) is 10.8. The minimum atomic E-state index is 0.135. The molecule has 20 heavy (non-hydrogen) atoms. The van der Waals surface area contributed by atoms with Gasteiger partial charge < -0.3 is 11.7 Å². The highest BCUT2D eigenvalue weighted by molar-refractivity contribution is 6.23. The van der Waals surface area contributed by atoms with Crippen molar-refractivity contribution in [2.75, 3.05) is 0 Å². The van der Waals surface area contributed by atoms with Gasteiger partial charge in [-0.3, -0.25) is 0 Å². The van der Waals surface area contributed by atoms with E-state index in [4.69, 9.17) is 11.7 Å². The highest BCUT2D eigenvalue weighted by atomic mass is 15.1. The highest BCUT2D eigenvalue weighted by Gasteiger charge is 2.47. The van der Waals surface area contributed by atoms with E-state index in [1.54, 1.807) is 0 Å². The second-order valence-electron chi connectivity index (χ2n) is 5.16. The Morgan fingerprint density at radius 2 is 1.05 bits per heavy atom. The molecular weight excluding hydrogens is 248 g/mol. The zero-order valence-electron chi connectivity index (χ0n) is 10.8. The maximum atomic E-state index is 5.67. The summed E-state index contributed by atoms with van der Waals surface area (Å²) in [5, 5.41) is 8.12. The molecule has 4 rings (SSSR count). The summed E-state index contributed by atoms with van der Waals surface area (Å²) < 4.78 is 0. The van der Waals surface area contributed by atoms with E-state index in [2.05, 4.69) is 34.5 Å². The number of hydrazone groups is 2. The van der Waals surface area contributed by atoms with E-state index in [1.807, 2.05) is 24.3 Å². The van der Waals surface area contributed by atoms with Crippen molar-refractivity contribution in [2.24, 2.45) is 21.9 Å². The average Bonchev–Trinajstić information content (AvgIpc) is 2.99. The lowest BCUT2D eigenvalue weighted by atomic mass is 9.92. The van der Waals surface area contributed by atoms with Gasteiger partial charge in [-0.15, -0.1) is 0 Å². The van der Waals surface area contributed by atoms with E-state index in [-0.39, 0.29) is 11.8 Å². The maximum absolute atomic E-state index is 5.67. The van der Waals surface area contributed by atoms with Crippen LogP contribution in [-0.2, 0) is 0 Å². The second-order valence-corrected chi connectivity index (χ2v) is 5.16. The van der Waals surface area contributed by atoms with Gasteiger partial charge in [0.2, 0.25) is 0 Å². The minimum absolute atomic E-state index is 0.135. The summed E-state index contributed by atoms with van der Waals surface area (Å²) in [6, 6.07) is 16.4. The van der Waals surface area contributed by atoms with Gasteiger partial charge in [0.15, 0.2) is 0 Å². The molecule has 0 unspecified atom stereocenters. The molecule has 4 heteroatoms. The van der Waals surface area contributed by atoms with Gasteiger partial charge in [0.1, 0.15) is 0 Å². The first-order chi connectivity index (χ1) is 9.86. The van der Waals surface area contributed by atoms with Gasteiger partial charge in [-0.2, -0.15) is 10.2 Å². The summed E-state index contributed by atoms with van der Waals surface area (Å²) in [6.07, 6.45) is 0. The third-order valence-electron chi connectivity index (χ3n) is 4.34. The molecule has 0 amide bonds. The largest absolute Gasteiger partial charge is 0.323 e. The molecule has 0 saturated carbocycles. The molecular formula is C16H14N4. The van der Waals surface area contributed by atoms with Crippen LogP contribution in [0.15, 0.2) is 58.7 Å². The molecule has 4 N–H and O–H groups in total. The van der Waals surface area contributed by atoms with Crippen molar-refractivity contribution in [3.63, 3.8) is 0 Å². The lowest BCUT2D eigenvalue weighted by molar-refractivity contribution is 0.869. The summed E-state index contributed by atoms with van der Waals surface area (Å²) >= 11 is 0. The van der Waals surface area contributed by atoms with Crippen LogP contribution < -0.4 is 11.7 Å². The molecule has 2 aromatic rings. The van der Waals surface area contributed by atoms with E-state index in [9.17, 15) is 0 Å². The zero-order chi connectivity index (χ0) is 13.7. The van der Waals surface area contributed by atoms with Crippen LogP contribution in [0.1, 0.15) is 34.1 Å². The molecule has 0 heterocycles. The Labute approximate surface area is 116 Å². The number of nitrogens with two attached hydrogens (primary N) is 2. The van der Waals surface area contributed by atoms with Crippen LogP contribution in [-0.4, -0.2) is 11.4 Å². The van der Waals surface area contributed by atoms with Crippen LogP contribution in [0.5, 0.6) is 0 Å². The SMILES string of the molecule is N/N=C1\c2ccccc2[C@H]2/C(=N/N)c3ccccc3[C@@H]12. The first-order valence-corrected chi connectivity index (χ1v) is 6.61. The Hall–Kier alpha value is -2.62. The van der Waals surface area contributed by atoms with E-state index >= 15 is 0 Å². The first-order valence-electron chi connectivity index (χ1n) is 6.61. The fraction of sp³-hybridized carbons (Fsp3) is 0.125. The quantitative estimate of drug-likeness (QED) is 0.562. The monoisotopic (exact) mass is 262 g/mol. The molecule has 0 aliphatic heterocycles. The van der Waals surface area contributed by atoms with Gasteiger partial charge in [-0.25, -0.2) is 0 Å². The number of fused-ring (bicyclic) bond motifs is 5. The van der Waals surface area contributed by atoms with Crippen molar-refractivity contribution in [3.05, 3.63) is 70.8 Å². The molecule has 0 fully saturated rings. The summed E-state index contributed by atoms with van der Waals surface area (Å²) in [5.41, 5.74) is 6.50. The van der Waals surface area contributed by atoms with Gasteiger partial charge >= 0.3 is 0 Å². The van der Waals surface area contributed by atoms with Crippen LogP contribution in [0.3, 0.4) is 0 Å². The Morgan fingerprint density at radius 1 is 0.650 bits per heavy atom. The number of hydrogen-bond acceptors (Lipinski definition) is 4. The van der Waals surface area contributed by atoms with Crippen LogP contribution >= 0.6 is 0 Å². The molecule has 0 saturated heterocycles. The fourth-order valence-electron chi connectivity index (χ4n) is 3.61. The van der Waals surface area contributed by atoms with Crippen LogP contribution in [0, 0.1) is 0 Å². The third kappa shape index (κ3) is 1.20. The Kier molecular flexibility index (Phi) is 2.21.